The molecule has 5 heteroatoms. The summed E-state index contributed by atoms with van der Waals surface area (Å²) < 4.78 is 1.97. The van der Waals surface area contributed by atoms with Crippen molar-refractivity contribution in [2.75, 3.05) is 20.1 Å². The van der Waals surface area contributed by atoms with Crippen molar-refractivity contribution in [2.24, 2.45) is 5.92 Å². The van der Waals surface area contributed by atoms with Crippen LogP contribution in [0.3, 0.4) is 0 Å². The summed E-state index contributed by atoms with van der Waals surface area (Å²) in [6.45, 7) is 4.95. The largest absolute Gasteiger partial charge is 0.307 e. The second-order valence-electron chi connectivity index (χ2n) is 6.75. The highest BCUT2D eigenvalue weighted by atomic mass is 16.1. The van der Waals surface area contributed by atoms with E-state index in [1.165, 1.54) is 0 Å². The van der Waals surface area contributed by atoms with Gasteiger partial charge < -0.3 is 9.47 Å². The molecule has 1 N–H and O–H groups in total. The Morgan fingerprint density at radius 3 is 2.78 bits per heavy atom. The molecular weight excluding hydrogens is 288 g/mol. The van der Waals surface area contributed by atoms with Crippen molar-refractivity contribution in [1.82, 2.24) is 19.7 Å². The van der Waals surface area contributed by atoms with Crippen molar-refractivity contribution in [3.63, 3.8) is 0 Å². The molecule has 1 aliphatic rings. The summed E-state index contributed by atoms with van der Waals surface area (Å²) in [5, 5.41) is 9.12. The molecule has 5 nitrogen and oxygen atoms in total. The van der Waals surface area contributed by atoms with Gasteiger partial charge in [-0.15, -0.1) is 0 Å². The number of rotatable bonds is 2. The third-order valence-corrected chi connectivity index (χ3v) is 5.14. The maximum atomic E-state index is 13.1. The normalized spacial score (nSPS) is 17.3. The number of aromatic nitrogens is 3. The van der Waals surface area contributed by atoms with E-state index in [4.69, 9.17) is 0 Å². The fraction of sp³-hybridized carbons (Fsp3) is 0.444. The SMILES string of the molecule is Cc1[nH]nc2c1c(=O)n(CC1CCN(C)CC1)c1ccccc21. The van der Waals surface area contributed by atoms with E-state index in [1.54, 1.807) is 0 Å². The van der Waals surface area contributed by atoms with E-state index in [0.29, 0.717) is 5.92 Å². The summed E-state index contributed by atoms with van der Waals surface area (Å²) in [5.41, 5.74) is 2.73. The van der Waals surface area contributed by atoms with Crippen molar-refractivity contribution in [3.05, 3.63) is 40.3 Å². The Morgan fingerprint density at radius 2 is 2.00 bits per heavy atom. The zero-order valence-electron chi connectivity index (χ0n) is 13.7. The molecule has 1 fully saturated rings. The Hall–Kier alpha value is -2.14. The van der Waals surface area contributed by atoms with E-state index < -0.39 is 0 Å². The van der Waals surface area contributed by atoms with Gasteiger partial charge >= 0.3 is 0 Å². The average molecular weight is 310 g/mol. The number of nitrogens with one attached hydrogen (secondary N) is 1. The molecule has 0 amide bonds. The van der Waals surface area contributed by atoms with Gasteiger partial charge in [0.15, 0.2) is 0 Å². The summed E-state index contributed by atoms with van der Waals surface area (Å²) in [7, 11) is 2.17. The van der Waals surface area contributed by atoms with Crippen LogP contribution in [-0.2, 0) is 6.54 Å². The van der Waals surface area contributed by atoms with E-state index in [1.807, 2.05) is 29.7 Å². The molecule has 1 saturated heterocycles. The van der Waals surface area contributed by atoms with Crippen molar-refractivity contribution >= 4 is 21.8 Å². The van der Waals surface area contributed by atoms with E-state index in [-0.39, 0.29) is 5.56 Å². The van der Waals surface area contributed by atoms with Crippen LogP contribution in [0.1, 0.15) is 18.5 Å². The monoisotopic (exact) mass is 310 g/mol. The molecule has 0 unspecified atom stereocenters. The summed E-state index contributed by atoms with van der Waals surface area (Å²) in [4.78, 5) is 15.4. The Balaban J connectivity index is 1.88. The zero-order valence-corrected chi connectivity index (χ0v) is 13.7. The number of H-pyrrole nitrogens is 1. The second kappa shape index (κ2) is 5.49. The molecule has 3 aromatic rings. The first-order valence-corrected chi connectivity index (χ1v) is 8.30. The van der Waals surface area contributed by atoms with Crippen molar-refractivity contribution in [3.8, 4) is 0 Å². The van der Waals surface area contributed by atoms with E-state index >= 15 is 0 Å². The van der Waals surface area contributed by atoms with E-state index in [2.05, 4.69) is 28.2 Å². The number of hydrogen-bond acceptors (Lipinski definition) is 3. The van der Waals surface area contributed by atoms with Gasteiger partial charge in [0.2, 0.25) is 0 Å². The predicted octanol–water partition coefficient (Wildman–Crippen LogP) is 2.53. The number of aromatic amines is 1. The smallest absolute Gasteiger partial charge is 0.262 e. The summed E-state index contributed by atoms with van der Waals surface area (Å²) in [6, 6.07) is 8.10. The molecule has 0 aliphatic carbocycles. The van der Waals surface area contributed by atoms with Crippen LogP contribution in [0.15, 0.2) is 29.1 Å². The van der Waals surface area contributed by atoms with Gasteiger partial charge in [0.25, 0.3) is 5.56 Å². The molecule has 0 spiro atoms. The van der Waals surface area contributed by atoms with Gasteiger partial charge in [0.1, 0.15) is 5.52 Å². The Morgan fingerprint density at radius 1 is 1.26 bits per heavy atom. The molecule has 120 valence electrons. The van der Waals surface area contributed by atoms with Crippen LogP contribution in [-0.4, -0.2) is 39.8 Å². The van der Waals surface area contributed by atoms with Crippen molar-refractivity contribution in [1.29, 1.82) is 0 Å². The molecule has 1 aromatic carbocycles. The Kier molecular flexibility index (Phi) is 3.45. The molecule has 4 rings (SSSR count). The van der Waals surface area contributed by atoms with Crippen molar-refractivity contribution < 1.29 is 0 Å². The number of pyridine rings is 1. The Bertz CT molecular complexity index is 916. The lowest BCUT2D eigenvalue weighted by Crippen LogP contribution is -2.34. The van der Waals surface area contributed by atoms with Gasteiger partial charge in [0, 0.05) is 17.6 Å². The van der Waals surface area contributed by atoms with Crippen LogP contribution in [0.2, 0.25) is 0 Å². The maximum Gasteiger partial charge on any atom is 0.262 e. The van der Waals surface area contributed by atoms with Gasteiger partial charge in [0.05, 0.1) is 10.9 Å². The van der Waals surface area contributed by atoms with Gasteiger partial charge in [-0.2, -0.15) is 5.10 Å². The molecule has 1 aliphatic heterocycles. The standard InChI is InChI=1S/C18H22N4O/c1-12-16-17(20-19-12)14-5-3-4-6-15(14)22(18(16)23)11-13-7-9-21(2)10-8-13/h3-6,13H,7-11H2,1-2H3,(H,19,20). The van der Waals surface area contributed by atoms with Crippen LogP contribution in [0.5, 0.6) is 0 Å². The van der Waals surface area contributed by atoms with Gasteiger partial charge in [-0.05, 0) is 51.9 Å². The number of aryl methyl sites for hydroxylation is 1. The molecule has 0 saturated carbocycles. The first-order valence-electron chi connectivity index (χ1n) is 8.30. The number of fused-ring (bicyclic) bond motifs is 3. The van der Waals surface area contributed by atoms with Gasteiger partial charge in [-0.25, -0.2) is 0 Å². The highest BCUT2D eigenvalue weighted by molar-refractivity contribution is 6.03. The summed E-state index contributed by atoms with van der Waals surface area (Å²) in [5.74, 6) is 0.567. The van der Waals surface area contributed by atoms with Crippen molar-refractivity contribution in [2.45, 2.75) is 26.3 Å². The number of likely N-dealkylation sites (tertiary alicyclic amines) is 1. The molecule has 2 aromatic heterocycles. The minimum Gasteiger partial charge on any atom is -0.307 e. The third-order valence-electron chi connectivity index (χ3n) is 5.14. The Labute approximate surface area is 134 Å². The van der Waals surface area contributed by atoms with E-state index in [9.17, 15) is 4.79 Å². The molecule has 23 heavy (non-hydrogen) atoms. The lowest BCUT2D eigenvalue weighted by Gasteiger charge is -2.29. The highest BCUT2D eigenvalue weighted by Gasteiger charge is 2.20. The number of para-hydroxylation sites is 1. The fourth-order valence-electron chi connectivity index (χ4n) is 3.72. The van der Waals surface area contributed by atoms with Crippen LogP contribution in [0, 0.1) is 12.8 Å². The minimum atomic E-state index is 0.0869. The average Bonchev–Trinajstić information content (AvgIpc) is 2.95. The predicted molar refractivity (Wildman–Crippen MR) is 92.8 cm³/mol. The van der Waals surface area contributed by atoms with Crippen LogP contribution in [0.4, 0.5) is 0 Å². The fourth-order valence-corrected chi connectivity index (χ4v) is 3.72. The van der Waals surface area contributed by atoms with Crippen LogP contribution < -0.4 is 5.56 Å². The van der Waals surface area contributed by atoms with Gasteiger partial charge in [-0.3, -0.25) is 9.89 Å². The third kappa shape index (κ3) is 2.36. The lowest BCUT2D eigenvalue weighted by atomic mass is 9.96. The molecule has 3 heterocycles. The maximum absolute atomic E-state index is 13.1. The second-order valence-corrected chi connectivity index (χ2v) is 6.75. The number of benzene rings is 1. The van der Waals surface area contributed by atoms with Crippen LogP contribution in [0.25, 0.3) is 21.8 Å². The molecule has 0 bridgehead atoms. The van der Waals surface area contributed by atoms with E-state index in [0.717, 1.165) is 60.0 Å². The van der Waals surface area contributed by atoms with Gasteiger partial charge in [-0.1, -0.05) is 18.2 Å². The lowest BCUT2D eigenvalue weighted by molar-refractivity contribution is 0.205. The first kappa shape index (κ1) is 14.5. The first-order chi connectivity index (χ1) is 11.1. The number of piperidine rings is 1. The molecule has 0 radical (unpaired) electrons. The number of nitrogens with zero attached hydrogens (tertiary/aromatic N) is 3. The highest BCUT2D eigenvalue weighted by Crippen LogP contribution is 2.25. The molecule has 0 atom stereocenters. The molecular formula is C18H22N4O. The minimum absolute atomic E-state index is 0.0869. The topological polar surface area (TPSA) is 53.9 Å². The quantitative estimate of drug-likeness (QED) is 0.791. The number of hydrogen-bond donors (Lipinski definition) is 1. The summed E-state index contributed by atoms with van der Waals surface area (Å²) in [6.07, 6.45) is 2.30. The van der Waals surface area contributed by atoms with Crippen LogP contribution >= 0.6 is 0 Å². The zero-order chi connectivity index (χ0) is 16.0. The summed E-state index contributed by atoms with van der Waals surface area (Å²) >= 11 is 0.